The van der Waals surface area contributed by atoms with Crippen molar-refractivity contribution in [2.75, 3.05) is 31.1 Å². The van der Waals surface area contributed by atoms with E-state index in [1.807, 2.05) is 27.7 Å². The van der Waals surface area contributed by atoms with Gasteiger partial charge >= 0.3 is 6.09 Å². The van der Waals surface area contributed by atoms with Crippen LogP contribution in [0.2, 0.25) is 0 Å². The van der Waals surface area contributed by atoms with Crippen molar-refractivity contribution in [3.63, 3.8) is 0 Å². The van der Waals surface area contributed by atoms with Crippen LogP contribution in [0.4, 0.5) is 4.79 Å². The lowest BCUT2D eigenvalue weighted by molar-refractivity contribution is -0.138. The van der Waals surface area contributed by atoms with E-state index in [1.165, 1.54) is 0 Å². The van der Waals surface area contributed by atoms with E-state index in [1.54, 1.807) is 9.80 Å². The van der Waals surface area contributed by atoms with Crippen molar-refractivity contribution >= 4 is 21.8 Å². The Balaban J connectivity index is 1.91. The summed E-state index contributed by atoms with van der Waals surface area (Å²) < 4.78 is 28.8. The van der Waals surface area contributed by atoms with Gasteiger partial charge in [0.15, 0.2) is 9.84 Å². The van der Waals surface area contributed by atoms with Crippen molar-refractivity contribution in [1.29, 1.82) is 0 Å². The molecule has 0 spiro atoms. The zero-order chi connectivity index (χ0) is 18.8. The van der Waals surface area contributed by atoms with Gasteiger partial charge in [0.05, 0.1) is 11.5 Å². The Hall–Kier alpha value is -1.31. The molecule has 7 nitrogen and oxygen atoms in total. The number of carbonyl (C=O) groups is 2. The van der Waals surface area contributed by atoms with Gasteiger partial charge in [-0.3, -0.25) is 4.79 Å². The largest absolute Gasteiger partial charge is 0.444 e. The van der Waals surface area contributed by atoms with Crippen molar-refractivity contribution in [2.24, 2.45) is 5.92 Å². The molecule has 2 heterocycles. The first kappa shape index (κ1) is 20.0. The monoisotopic (exact) mass is 374 g/mol. The Morgan fingerprint density at radius 2 is 1.76 bits per heavy atom. The first-order chi connectivity index (χ1) is 11.5. The van der Waals surface area contributed by atoms with Crippen LogP contribution in [0.3, 0.4) is 0 Å². The highest BCUT2D eigenvalue weighted by molar-refractivity contribution is 7.91. The molecule has 144 valence electrons. The van der Waals surface area contributed by atoms with Gasteiger partial charge in [-0.05, 0) is 47.0 Å². The summed E-state index contributed by atoms with van der Waals surface area (Å²) in [7, 11) is -3.02. The van der Waals surface area contributed by atoms with Crippen LogP contribution in [-0.4, -0.2) is 73.0 Å². The highest BCUT2D eigenvalue weighted by Gasteiger charge is 2.37. The Morgan fingerprint density at radius 1 is 1.16 bits per heavy atom. The van der Waals surface area contributed by atoms with E-state index in [0.29, 0.717) is 38.9 Å². The first-order valence-corrected chi connectivity index (χ1v) is 10.8. The van der Waals surface area contributed by atoms with Gasteiger partial charge in [-0.2, -0.15) is 0 Å². The van der Waals surface area contributed by atoms with Gasteiger partial charge in [0, 0.05) is 31.6 Å². The second-order valence-corrected chi connectivity index (χ2v) is 10.2. The number of hydrogen-bond acceptors (Lipinski definition) is 5. The Bertz CT molecular complexity index is 603. The number of hydrogen-bond donors (Lipinski definition) is 0. The van der Waals surface area contributed by atoms with Crippen LogP contribution in [0.1, 0.15) is 47.0 Å². The predicted octanol–water partition coefficient (Wildman–Crippen LogP) is 1.67. The maximum atomic E-state index is 12.8. The van der Waals surface area contributed by atoms with Crippen molar-refractivity contribution in [1.82, 2.24) is 9.80 Å². The minimum absolute atomic E-state index is 0.0217. The lowest BCUT2D eigenvalue weighted by Crippen LogP contribution is -2.48. The summed E-state index contributed by atoms with van der Waals surface area (Å²) in [5.41, 5.74) is -0.531. The van der Waals surface area contributed by atoms with Gasteiger partial charge in [0.25, 0.3) is 0 Å². The molecule has 0 N–H and O–H groups in total. The van der Waals surface area contributed by atoms with Crippen LogP contribution in [0.5, 0.6) is 0 Å². The van der Waals surface area contributed by atoms with E-state index in [0.717, 1.165) is 0 Å². The van der Waals surface area contributed by atoms with Crippen LogP contribution >= 0.6 is 0 Å². The fourth-order valence-corrected chi connectivity index (χ4v) is 5.22. The molecule has 0 saturated carbocycles. The zero-order valence-corrected chi connectivity index (χ0v) is 16.5. The van der Waals surface area contributed by atoms with Gasteiger partial charge in [0.2, 0.25) is 5.91 Å². The minimum atomic E-state index is -3.02. The van der Waals surface area contributed by atoms with Crippen molar-refractivity contribution in [2.45, 2.75) is 58.6 Å². The molecule has 2 amide bonds. The maximum absolute atomic E-state index is 12.8. The second-order valence-electron chi connectivity index (χ2n) is 7.92. The summed E-state index contributed by atoms with van der Waals surface area (Å²) in [6.07, 6.45) is 1.37. The van der Waals surface area contributed by atoms with Gasteiger partial charge in [0.1, 0.15) is 5.60 Å². The number of amides is 2. The molecule has 0 aromatic rings. The SMILES string of the molecule is CCN(C(=O)C1CCN(C(=O)OC(C)(C)C)CC1)C1CCS(=O)(=O)C1. The average molecular weight is 375 g/mol. The number of ether oxygens (including phenoxy) is 1. The van der Waals surface area contributed by atoms with Crippen LogP contribution in [0.15, 0.2) is 0 Å². The lowest BCUT2D eigenvalue weighted by atomic mass is 9.94. The highest BCUT2D eigenvalue weighted by Crippen LogP contribution is 2.25. The van der Waals surface area contributed by atoms with E-state index in [9.17, 15) is 18.0 Å². The average Bonchev–Trinajstić information content (AvgIpc) is 2.86. The molecule has 2 rings (SSSR count). The summed E-state index contributed by atoms with van der Waals surface area (Å²) in [4.78, 5) is 28.3. The smallest absolute Gasteiger partial charge is 0.410 e. The number of rotatable bonds is 3. The molecule has 25 heavy (non-hydrogen) atoms. The van der Waals surface area contributed by atoms with Crippen molar-refractivity contribution in [3.8, 4) is 0 Å². The molecule has 1 unspecified atom stereocenters. The molecule has 2 fully saturated rings. The molecule has 0 aliphatic carbocycles. The standard InChI is InChI=1S/C17H30N2O5S/c1-5-19(14-8-11-25(22,23)12-14)15(20)13-6-9-18(10-7-13)16(21)24-17(2,3)4/h13-14H,5-12H2,1-4H3. The third-order valence-electron chi connectivity index (χ3n) is 4.77. The van der Waals surface area contributed by atoms with E-state index in [4.69, 9.17) is 4.74 Å². The summed E-state index contributed by atoms with van der Waals surface area (Å²) >= 11 is 0. The molecule has 2 aliphatic rings. The lowest BCUT2D eigenvalue weighted by Gasteiger charge is -2.36. The maximum Gasteiger partial charge on any atom is 0.410 e. The predicted molar refractivity (Wildman–Crippen MR) is 95.0 cm³/mol. The van der Waals surface area contributed by atoms with E-state index < -0.39 is 15.4 Å². The van der Waals surface area contributed by atoms with Crippen LogP contribution in [0, 0.1) is 5.92 Å². The van der Waals surface area contributed by atoms with E-state index in [2.05, 4.69) is 0 Å². The number of piperidine rings is 1. The number of nitrogens with zero attached hydrogens (tertiary/aromatic N) is 2. The summed E-state index contributed by atoms with van der Waals surface area (Å²) in [6, 6.07) is -0.202. The molecule has 0 aromatic carbocycles. The third-order valence-corrected chi connectivity index (χ3v) is 6.52. The van der Waals surface area contributed by atoms with Crippen LogP contribution in [-0.2, 0) is 19.4 Å². The Morgan fingerprint density at radius 3 is 2.20 bits per heavy atom. The van der Waals surface area contributed by atoms with Crippen molar-refractivity contribution in [3.05, 3.63) is 0 Å². The molecule has 2 aliphatic heterocycles. The molecule has 0 bridgehead atoms. The zero-order valence-electron chi connectivity index (χ0n) is 15.7. The fourth-order valence-electron chi connectivity index (χ4n) is 3.49. The summed E-state index contributed by atoms with van der Waals surface area (Å²) in [6.45, 7) is 8.88. The normalized spacial score (nSPS) is 24.2. The van der Waals surface area contributed by atoms with Crippen molar-refractivity contribution < 1.29 is 22.7 Å². The van der Waals surface area contributed by atoms with Gasteiger partial charge in [-0.25, -0.2) is 13.2 Å². The number of carbonyl (C=O) groups excluding carboxylic acids is 2. The molecule has 0 radical (unpaired) electrons. The summed E-state index contributed by atoms with van der Waals surface area (Å²) in [5.74, 6) is 0.109. The molecule has 8 heteroatoms. The number of likely N-dealkylation sites (tertiary alicyclic amines) is 1. The number of sulfone groups is 1. The molecule has 1 atom stereocenters. The van der Waals surface area contributed by atoms with Gasteiger partial charge in [-0.1, -0.05) is 0 Å². The van der Waals surface area contributed by atoms with Gasteiger partial charge in [-0.15, -0.1) is 0 Å². The topological polar surface area (TPSA) is 84.0 Å². The first-order valence-electron chi connectivity index (χ1n) is 9.01. The molecular weight excluding hydrogens is 344 g/mol. The summed E-state index contributed by atoms with van der Waals surface area (Å²) in [5, 5.41) is 0. The third kappa shape index (κ3) is 5.33. The molecular formula is C17H30N2O5S. The van der Waals surface area contributed by atoms with E-state index in [-0.39, 0.29) is 35.5 Å². The molecule has 2 saturated heterocycles. The van der Waals surface area contributed by atoms with Gasteiger partial charge < -0.3 is 14.5 Å². The second kappa shape index (κ2) is 7.51. The Kier molecular flexibility index (Phi) is 6.01. The molecule has 0 aromatic heterocycles. The van der Waals surface area contributed by atoms with Crippen LogP contribution in [0.25, 0.3) is 0 Å². The Labute approximate surface area is 150 Å². The quantitative estimate of drug-likeness (QED) is 0.750. The van der Waals surface area contributed by atoms with Crippen LogP contribution < -0.4 is 0 Å². The fraction of sp³-hybridized carbons (Fsp3) is 0.882. The minimum Gasteiger partial charge on any atom is -0.444 e. The van der Waals surface area contributed by atoms with E-state index >= 15 is 0 Å². The highest BCUT2D eigenvalue weighted by atomic mass is 32.2.